The lowest BCUT2D eigenvalue weighted by Crippen LogP contribution is -2.30. The summed E-state index contributed by atoms with van der Waals surface area (Å²) in [7, 11) is 0. The standard InChI is InChI=1S/C14H21N3O3S/c1-14(2)7-3-5-9-11(14)16-13(21-9)17-12(20)15-8-4-6-10(18)19/h3-8H2,1-2H3,(H,18,19)(H2,15,16,17,20). The molecule has 0 saturated heterocycles. The number of carbonyl (C=O) groups excluding carboxylic acids is 1. The smallest absolute Gasteiger partial charge is 0.321 e. The van der Waals surface area contributed by atoms with Gasteiger partial charge in [-0.3, -0.25) is 10.1 Å². The van der Waals surface area contributed by atoms with E-state index in [-0.39, 0.29) is 17.9 Å². The van der Waals surface area contributed by atoms with Crippen LogP contribution in [0.25, 0.3) is 0 Å². The van der Waals surface area contributed by atoms with Crippen LogP contribution in [-0.4, -0.2) is 28.6 Å². The van der Waals surface area contributed by atoms with Crippen molar-refractivity contribution in [1.29, 1.82) is 0 Å². The second-order valence-corrected chi connectivity index (χ2v) is 6.99. The first-order valence-electron chi connectivity index (χ1n) is 7.15. The van der Waals surface area contributed by atoms with Crippen molar-refractivity contribution < 1.29 is 14.7 Å². The molecule has 0 aromatic carbocycles. The fourth-order valence-electron chi connectivity index (χ4n) is 2.50. The lowest BCUT2D eigenvalue weighted by atomic mass is 9.79. The summed E-state index contributed by atoms with van der Waals surface area (Å²) in [5, 5.41) is 14.5. The zero-order valence-electron chi connectivity index (χ0n) is 12.4. The Morgan fingerprint density at radius 2 is 2.19 bits per heavy atom. The average Bonchev–Trinajstić information content (AvgIpc) is 2.78. The van der Waals surface area contributed by atoms with E-state index in [2.05, 4.69) is 29.5 Å². The van der Waals surface area contributed by atoms with Crippen LogP contribution in [0.3, 0.4) is 0 Å². The third-order valence-electron chi connectivity index (χ3n) is 3.62. The molecule has 1 aliphatic rings. The summed E-state index contributed by atoms with van der Waals surface area (Å²) in [6, 6.07) is -0.329. The van der Waals surface area contributed by atoms with E-state index >= 15 is 0 Å². The van der Waals surface area contributed by atoms with Crippen molar-refractivity contribution in [3.05, 3.63) is 10.6 Å². The summed E-state index contributed by atoms with van der Waals surface area (Å²) < 4.78 is 0. The molecule has 0 saturated carbocycles. The quantitative estimate of drug-likeness (QED) is 0.729. The molecule has 0 spiro atoms. The number of carboxylic acids is 1. The average molecular weight is 311 g/mol. The van der Waals surface area contributed by atoms with Crippen molar-refractivity contribution in [2.75, 3.05) is 11.9 Å². The van der Waals surface area contributed by atoms with E-state index in [9.17, 15) is 9.59 Å². The SMILES string of the molecule is CC1(C)CCCc2sc(NC(=O)NCCCC(=O)O)nc21. The van der Waals surface area contributed by atoms with Crippen molar-refractivity contribution >= 4 is 28.5 Å². The molecule has 2 rings (SSSR count). The number of rotatable bonds is 5. The summed E-state index contributed by atoms with van der Waals surface area (Å²) in [5.41, 5.74) is 1.17. The minimum absolute atomic E-state index is 0.0556. The minimum Gasteiger partial charge on any atom is -0.481 e. The van der Waals surface area contributed by atoms with Gasteiger partial charge >= 0.3 is 12.0 Å². The van der Waals surface area contributed by atoms with Crippen molar-refractivity contribution in [2.45, 2.75) is 51.4 Å². The molecule has 116 valence electrons. The number of urea groups is 1. The van der Waals surface area contributed by atoms with Gasteiger partial charge in [0.1, 0.15) is 0 Å². The summed E-state index contributed by atoms with van der Waals surface area (Å²) in [6.07, 6.45) is 3.77. The monoisotopic (exact) mass is 311 g/mol. The highest BCUT2D eigenvalue weighted by Crippen LogP contribution is 2.40. The summed E-state index contributed by atoms with van der Waals surface area (Å²) >= 11 is 1.53. The number of hydrogen-bond donors (Lipinski definition) is 3. The minimum atomic E-state index is -0.855. The van der Waals surface area contributed by atoms with Gasteiger partial charge in [0.25, 0.3) is 0 Å². The maximum Gasteiger partial charge on any atom is 0.321 e. The Balaban J connectivity index is 1.88. The number of nitrogens with one attached hydrogen (secondary N) is 2. The molecule has 0 unspecified atom stereocenters. The van der Waals surface area contributed by atoms with Gasteiger partial charge in [-0.2, -0.15) is 0 Å². The molecule has 1 heterocycles. The molecule has 2 amide bonds. The van der Waals surface area contributed by atoms with Gasteiger partial charge in [0.05, 0.1) is 5.69 Å². The van der Waals surface area contributed by atoms with Crippen molar-refractivity contribution in [3.8, 4) is 0 Å². The van der Waals surface area contributed by atoms with Gasteiger partial charge in [-0.15, -0.1) is 11.3 Å². The van der Waals surface area contributed by atoms with Gasteiger partial charge in [0, 0.05) is 23.3 Å². The molecule has 7 heteroatoms. The molecule has 1 aromatic heterocycles. The molecule has 0 aliphatic heterocycles. The maximum absolute atomic E-state index is 11.7. The van der Waals surface area contributed by atoms with Gasteiger partial charge in [0.2, 0.25) is 0 Å². The number of carboxylic acid groups (broad SMARTS) is 1. The highest BCUT2D eigenvalue weighted by atomic mass is 32.1. The Labute approximate surface area is 128 Å². The maximum atomic E-state index is 11.7. The Morgan fingerprint density at radius 1 is 1.43 bits per heavy atom. The van der Waals surface area contributed by atoms with Gasteiger partial charge in [-0.1, -0.05) is 13.8 Å². The molecule has 0 bridgehead atoms. The summed E-state index contributed by atoms with van der Waals surface area (Å²) in [6.45, 7) is 4.70. The lowest BCUT2D eigenvalue weighted by Gasteiger charge is -2.27. The number of hydrogen-bond acceptors (Lipinski definition) is 4. The first-order chi connectivity index (χ1) is 9.88. The first kappa shape index (κ1) is 15.8. The van der Waals surface area contributed by atoms with Gasteiger partial charge in [0.15, 0.2) is 5.13 Å². The van der Waals surface area contributed by atoms with Crippen LogP contribution in [0.15, 0.2) is 0 Å². The fraction of sp³-hybridized carbons (Fsp3) is 0.643. The zero-order valence-corrected chi connectivity index (χ0v) is 13.2. The molecule has 0 atom stereocenters. The molecule has 1 aliphatic carbocycles. The van der Waals surface area contributed by atoms with Crippen molar-refractivity contribution in [3.63, 3.8) is 0 Å². The highest BCUT2D eigenvalue weighted by Gasteiger charge is 2.31. The number of fused-ring (bicyclic) bond motifs is 1. The molecular weight excluding hydrogens is 290 g/mol. The fourth-order valence-corrected chi connectivity index (χ4v) is 3.67. The molecule has 0 radical (unpaired) electrons. The van der Waals surface area contributed by atoms with Crippen LogP contribution in [0.2, 0.25) is 0 Å². The van der Waals surface area contributed by atoms with E-state index in [0.717, 1.165) is 25.0 Å². The zero-order chi connectivity index (χ0) is 15.5. The third-order valence-corrected chi connectivity index (χ3v) is 4.65. The molecule has 6 nitrogen and oxygen atoms in total. The van der Waals surface area contributed by atoms with Crippen LogP contribution in [0, 0.1) is 0 Å². The topological polar surface area (TPSA) is 91.3 Å². The molecular formula is C14H21N3O3S. The number of aliphatic carboxylic acids is 1. The number of thiazole rings is 1. The van der Waals surface area contributed by atoms with Gasteiger partial charge < -0.3 is 10.4 Å². The van der Waals surface area contributed by atoms with E-state index < -0.39 is 5.97 Å². The molecule has 1 aromatic rings. The van der Waals surface area contributed by atoms with E-state index in [0.29, 0.717) is 18.1 Å². The van der Waals surface area contributed by atoms with Crippen LogP contribution in [0.4, 0.5) is 9.93 Å². The second kappa shape index (κ2) is 6.43. The normalized spacial score (nSPS) is 16.1. The van der Waals surface area contributed by atoms with Gasteiger partial charge in [-0.05, 0) is 25.7 Å². The number of carbonyl (C=O) groups is 2. The van der Waals surface area contributed by atoms with Crippen molar-refractivity contribution in [1.82, 2.24) is 10.3 Å². The number of nitrogens with zero attached hydrogens (tertiary/aromatic N) is 1. The number of amides is 2. The van der Waals surface area contributed by atoms with E-state index in [1.807, 2.05) is 0 Å². The predicted molar refractivity (Wildman–Crippen MR) is 82.0 cm³/mol. The van der Waals surface area contributed by atoms with E-state index in [4.69, 9.17) is 5.11 Å². The summed E-state index contributed by atoms with van der Waals surface area (Å²) in [4.78, 5) is 27.9. The Kier molecular flexibility index (Phi) is 4.82. The molecule has 21 heavy (non-hydrogen) atoms. The van der Waals surface area contributed by atoms with Crippen LogP contribution in [0.5, 0.6) is 0 Å². The number of anilines is 1. The Morgan fingerprint density at radius 3 is 2.86 bits per heavy atom. The predicted octanol–water partition coefficient (Wildman–Crippen LogP) is 2.74. The number of aryl methyl sites for hydroxylation is 1. The van der Waals surface area contributed by atoms with E-state index in [1.54, 1.807) is 0 Å². The second-order valence-electron chi connectivity index (χ2n) is 5.91. The van der Waals surface area contributed by atoms with Crippen LogP contribution in [-0.2, 0) is 16.6 Å². The number of aromatic nitrogens is 1. The van der Waals surface area contributed by atoms with Crippen LogP contribution < -0.4 is 10.6 Å². The first-order valence-corrected chi connectivity index (χ1v) is 7.97. The van der Waals surface area contributed by atoms with Gasteiger partial charge in [-0.25, -0.2) is 9.78 Å². The Hall–Kier alpha value is -1.63. The lowest BCUT2D eigenvalue weighted by molar-refractivity contribution is -0.137. The largest absolute Gasteiger partial charge is 0.481 e. The van der Waals surface area contributed by atoms with Crippen LogP contribution >= 0.6 is 11.3 Å². The highest BCUT2D eigenvalue weighted by molar-refractivity contribution is 7.15. The van der Waals surface area contributed by atoms with Crippen LogP contribution in [0.1, 0.15) is 50.1 Å². The Bertz CT molecular complexity index is 540. The van der Waals surface area contributed by atoms with E-state index in [1.165, 1.54) is 16.2 Å². The third kappa shape index (κ3) is 4.17. The molecule has 3 N–H and O–H groups in total. The molecule has 0 fully saturated rings. The van der Waals surface area contributed by atoms with Crippen molar-refractivity contribution in [2.24, 2.45) is 0 Å². The summed E-state index contributed by atoms with van der Waals surface area (Å²) in [5.74, 6) is -0.855.